The average molecular weight is 436 g/mol. The Morgan fingerprint density at radius 2 is 2.07 bits per heavy atom. The highest BCUT2D eigenvalue weighted by Crippen LogP contribution is 2.39. The lowest BCUT2D eigenvalue weighted by Crippen LogP contribution is -2.21. The van der Waals surface area contributed by atoms with Crippen LogP contribution in [0.2, 0.25) is 0 Å². The van der Waals surface area contributed by atoms with Crippen molar-refractivity contribution in [3.63, 3.8) is 0 Å². The molecule has 0 saturated heterocycles. The van der Waals surface area contributed by atoms with Crippen LogP contribution >= 0.6 is 23.6 Å². The number of anilines is 2. The van der Waals surface area contributed by atoms with Gasteiger partial charge in [0.2, 0.25) is 0 Å². The smallest absolute Gasteiger partial charge is 0.341 e. The van der Waals surface area contributed by atoms with E-state index in [4.69, 9.17) is 21.7 Å². The molecule has 0 aliphatic heterocycles. The van der Waals surface area contributed by atoms with Gasteiger partial charge in [0.05, 0.1) is 30.3 Å². The third-order valence-electron chi connectivity index (χ3n) is 4.51. The maximum Gasteiger partial charge on any atom is 0.341 e. The van der Waals surface area contributed by atoms with Gasteiger partial charge in [-0.05, 0) is 62.5 Å². The number of esters is 1. The Bertz CT molecular complexity index is 958. The van der Waals surface area contributed by atoms with Gasteiger partial charge in [0.15, 0.2) is 5.11 Å². The minimum atomic E-state index is -0.503. The highest BCUT2D eigenvalue weighted by Gasteiger charge is 2.26. The molecule has 10 heteroatoms. The van der Waals surface area contributed by atoms with Gasteiger partial charge in [-0.25, -0.2) is 4.79 Å². The number of benzene rings is 1. The summed E-state index contributed by atoms with van der Waals surface area (Å²) in [6.45, 7) is 2.21. The fourth-order valence-corrected chi connectivity index (χ4v) is 4.81. The lowest BCUT2D eigenvalue weighted by atomic mass is 9.95. The molecule has 2 N–H and O–H groups in total. The van der Waals surface area contributed by atoms with Crippen molar-refractivity contribution >= 4 is 51.0 Å². The van der Waals surface area contributed by atoms with Gasteiger partial charge in [-0.3, -0.25) is 10.1 Å². The molecule has 0 saturated carbocycles. The molecular weight excluding hydrogens is 414 g/mol. The van der Waals surface area contributed by atoms with Crippen molar-refractivity contribution in [2.24, 2.45) is 0 Å². The van der Waals surface area contributed by atoms with Crippen LogP contribution in [0.1, 0.15) is 40.6 Å². The average Bonchev–Trinajstić information content (AvgIpc) is 3.06. The number of methoxy groups -OCH3 is 1. The molecule has 3 rings (SSSR count). The largest absolute Gasteiger partial charge is 0.494 e. The molecule has 0 unspecified atom stereocenters. The minimum Gasteiger partial charge on any atom is -0.494 e. The second-order valence-corrected chi connectivity index (χ2v) is 7.87. The molecule has 0 amide bonds. The summed E-state index contributed by atoms with van der Waals surface area (Å²) in [5, 5.41) is 18.0. The number of nitrogens with zero attached hydrogens (tertiary/aromatic N) is 1. The zero-order valence-corrected chi connectivity index (χ0v) is 17.7. The van der Waals surface area contributed by atoms with E-state index in [1.807, 2.05) is 0 Å². The summed E-state index contributed by atoms with van der Waals surface area (Å²) < 4.78 is 10.3. The van der Waals surface area contributed by atoms with E-state index in [1.54, 1.807) is 13.0 Å². The van der Waals surface area contributed by atoms with E-state index in [0.717, 1.165) is 36.1 Å². The van der Waals surface area contributed by atoms with Crippen LogP contribution in [-0.4, -0.2) is 29.7 Å². The number of thiophene rings is 1. The van der Waals surface area contributed by atoms with Crippen LogP contribution in [0.15, 0.2) is 18.2 Å². The van der Waals surface area contributed by atoms with Crippen LogP contribution in [0, 0.1) is 10.1 Å². The first-order valence-electron chi connectivity index (χ1n) is 9.16. The fraction of sp³-hybridized carbons (Fsp3) is 0.368. The number of fused-ring (bicyclic) bond motifs is 1. The Morgan fingerprint density at radius 1 is 1.31 bits per heavy atom. The Hall–Kier alpha value is -2.72. The van der Waals surface area contributed by atoms with Crippen LogP contribution in [0.25, 0.3) is 0 Å². The first-order chi connectivity index (χ1) is 13.9. The van der Waals surface area contributed by atoms with E-state index in [-0.39, 0.29) is 16.5 Å². The first-order valence-corrected chi connectivity index (χ1v) is 10.4. The van der Waals surface area contributed by atoms with Crippen molar-refractivity contribution in [1.82, 2.24) is 0 Å². The van der Waals surface area contributed by atoms with Crippen molar-refractivity contribution in [2.75, 3.05) is 24.4 Å². The molecule has 2 aromatic rings. The van der Waals surface area contributed by atoms with E-state index in [0.29, 0.717) is 22.9 Å². The van der Waals surface area contributed by atoms with E-state index < -0.39 is 10.9 Å². The van der Waals surface area contributed by atoms with Crippen molar-refractivity contribution in [2.45, 2.75) is 32.6 Å². The molecule has 154 valence electrons. The van der Waals surface area contributed by atoms with Gasteiger partial charge in [-0.2, -0.15) is 0 Å². The normalized spacial score (nSPS) is 12.6. The summed E-state index contributed by atoms with van der Waals surface area (Å²) in [5.74, 6) is -0.00992. The molecule has 1 aromatic heterocycles. The molecule has 1 heterocycles. The standard InChI is InChI=1S/C19H21N3O5S2/c1-3-27-11-8-9-13(14(10-11)22(24)25)20-19(28)21-17-16(18(23)26-2)12-6-4-5-7-15(12)29-17/h8-10H,3-7H2,1-2H3,(H2,20,21,28). The van der Waals surface area contributed by atoms with E-state index in [2.05, 4.69) is 10.6 Å². The number of ether oxygens (including phenoxy) is 2. The van der Waals surface area contributed by atoms with Gasteiger partial charge in [-0.1, -0.05) is 0 Å². The van der Waals surface area contributed by atoms with Crippen molar-refractivity contribution in [3.05, 3.63) is 44.3 Å². The molecule has 1 aliphatic rings. The molecule has 1 aromatic carbocycles. The predicted octanol–water partition coefficient (Wildman–Crippen LogP) is 4.53. The number of nitro groups is 1. The van der Waals surface area contributed by atoms with Crippen LogP contribution in [-0.2, 0) is 17.6 Å². The van der Waals surface area contributed by atoms with Gasteiger partial charge in [-0.15, -0.1) is 11.3 Å². The third kappa shape index (κ3) is 4.65. The Labute approximate surface area is 177 Å². The topological polar surface area (TPSA) is 103 Å². The molecule has 0 bridgehead atoms. The zero-order chi connectivity index (χ0) is 21.0. The van der Waals surface area contributed by atoms with E-state index in [1.165, 1.54) is 30.6 Å². The number of thiocarbonyl (C=S) groups is 1. The van der Waals surface area contributed by atoms with Crippen LogP contribution < -0.4 is 15.4 Å². The van der Waals surface area contributed by atoms with Gasteiger partial charge in [0, 0.05) is 4.88 Å². The van der Waals surface area contributed by atoms with Crippen LogP contribution in [0.3, 0.4) is 0 Å². The summed E-state index contributed by atoms with van der Waals surface area (Å²) in [7, 11) is 1.35. The molecule has 0 fully saturated rings. The summed E-state index contributed by atoms with van der Waals surface area (Å²) in [4.78, 5) is 24.4. The second kappa shape index (κ2) is 9.19. The number of rotatable bonds is 6. The maximum atomic E-state index is 12.3. The molecule has 29 heavy (non-hydrogen) atoms. The predicted molar refractivity (Wildman–Crippen MR) is 116 cm³/mol. The third-order valence-corrected chi connectivity index (χ3v) is 5.92. The maximum absolute atomic E-state index is 12.3. The van der Waals surface area contributed by atoms with E-state index in [9.17, 15) is 14.9 Å². The first kappa shape index (κ1) is 21.0. The lowest BCUT2D eigenvalue weighted by Gasteiger charge is -2.13. The van der Waals surface area contributed by atoms with Crippen LogP contribution in [0.5, 0.6) is 5.75 Å². The molecule has 0 atom stereocenters. The summed E-state index contributed by atoms with van der Waals surface area (Å²) in [6.07, 6.45) is 3.83. The number of aryl methyl sites for hydroxylation is 1. The SMILES string of the molecule is CCOc1ccc(NC(=S)Nc2sc3c(c2C(=O)OC)CCCC3)c([N+](=O)[O-])c1. The van der Waals surface area contributed by atoms with Crippen molar-refractivity contribution in [1.29, 1.82) is 0 Å². The van der Waals surface area contributed by atoms with Crippen molar-refractivity contribution in [3.8, 4) is 5.75 Å². The van der Waals surface area contributed by atoms with Gasteiger partial charge in [0.25, 0.3) is 5.69 Å². The Morgan fingerprint density at radius 3 is 2.76 bits per heavy atom. The fourth-order valence-electron chi connectivity index (χ4n) is 3.25. The molecule has 1 aliphatic carbocycles. The van der Waals surface area contributed by atoms with Crippen LogP contribution in [0.4, 0.5) is 16.4 Å². The number of carbonyl (C=O) groups is 1. The quantitative estimate of drug-likeness (QED) is 0.295. The number of nitro benzene ring substituents is 1. The zero-order valence-electron chi connectivity index (χ0n) is 16.1. The molecular formula is C19H21N3O5S2. The summed E-state index contributed by atoms with van der Waals surface area (Å²) >= 11 is 6.82. The minimum absolute atomic E-state index is 0.154. The van der Waals surface area contributed by atoms with Gasteiger partial charge < -0.3 is 20.1 Å². The molecule has 0 spiro atoms. The number of hydrogen-bond donors (Lipinski definition) is 2. The van der Waals surface area contributed by atoms with Gasteiger partial charge in [0.1, 0.15) is 16.4 Å². The second-order valence-electron chi connectivity index (χ2n) is 6.35. The van der Waals surface area contributed by atoms with Gasteiger partial charge >= 0.3 is 5.97 Å². The number of hydrogen-bond acceptors (Lipinski definition) is 7. The lowest BCUT2D eigenvalue weighted by molar-refractivity contribution is -0.384. The van der Waals surface area contributed by atoms with E-state index >= 15 is 0 Å². The summed E-state index contributed by atoms with van der Waals surface area (Å²) in [5.41, 5.74) is 1.58. The number of nitrogens with one attached hydrogen (secondary N) is 2. The molecule has 8 nitrogen and oxygen atoms in total. The monoisotopic (exact) mass is 435 g/mol. The Balaban J connectivity index is 1.84. The Kier molecular flexibility index (Phi) is 6.65. The van der Waals surface area contributed by atoms with Crippen molar-refractivity contribution < 1.29 is 19.2 Å². The number of carbonyl (C=O) groups excluding carboxylic acids is 1. The summed E-state index contributed by atoms with van der Waals surface area (Å²) in [6, 6.07) is 4.51. The highest BCUT2D eigenvalue weighted by molar-refractivity contribution is 7.80. The molecule has 0 radical (unpaired) electrons. The highest BCUT2D eigenvalue weighted by atomic mass is 32.1.